The Hall–Kier alpha value is -1.84. The van der Waals surface area contributed by atoms with Crippen LogP contribution in [0.5, 0.6) is 5.75 Å². The molecule has 1 aromatic heterocycles. The van der Waals surface area contributed by atoms with Crippen LogP contribution < -0.4 is 4.74 Å². The zero-order valence-corrected chi connectivity index (χ0v) is 11.4. The van der Waals surface area contributed by atoms with Crippen molar-refractivity contribution >= 4 is 22.1 Å². The molecule has 1 heterocycles. The first-order valence-electron chi connectivity index (χ1n) is 6.06. The van der Waals surface area contributed by atoms with E-state index in [0.29, 0.717) is 0 Å². The number of thiophene rings is 1. The first kappa shape index (κ1) is 12.2. The van der Waals surface area contributed by atoms with Crippen LogP contribution in [0.2, 0.25) is 0 Å². The van der Waals surface area contributed by atoms with E-state index in [9.17, 15) is 5.11 Å². The highest BCUT2D eigenvalue weighted by Crippen LogP contribution is 2.28. The van der Waals surface area contributed by atoms with Gasteiger partial charge in [0.05, 0.1) is 7.11 Å². The van der Waals surface area contributed by atoms with Gasteiger partial charge in [0.15, 0.2) is 0 Å². The highest BCUT2D eigenvalue weighted by atomic mass is 32.1. The minimum atomic E-state index is -0.558. The summed E-state index contributed by atoms with van der Waals surface area (Å²) >= 11 is 1.59. The van der Waals surface area contributed by atoms with Gasteiger partial charge in [0.1, 0.15) is 11.9 Å². The lowest BCUT2D eigenvalue weighted by molar-refractivity contribution is 0.221. The van der Waals surface area contributed by atoms with Crippen LogP contribution in [0.3, 0.4) is 0 Å². The Bertz CT molecular complexity index is 689. The van der Waals surface area contributed by atoms with Crippen molar-refractivity contribution in [3.05, 3.63) is 64.4 Å². The highest BCUT2D eigenvalue weighted by Gasteiger charge is 2.11. The number of fused-ring (bicyclic) bond motifs is 1. The predicted molar refractivity (Wildman–Crippen MR) is 78.9 cm³/mol. The van der Waals surface area contributed by atoms with Gasteiger partial charge >= 0.3 is 0 Å². The predicted octanol–water partition coefficient (Wildman–Crippen LogP) is 3.99. The largest absolute Gasteiger partial charge is 0.497 e. The van der Waals surface area contributed by atoms with Crippen molar-refractivity contribution in [1.82, 2.24) is 0 Å². The molecular formula is C16H14O2S. The molecule has 0 radical (unpaired) electrons. The summed E-state index contributed by atoms with van der Waals surface area (Å²) in [6, 6.07) is 13.9. The first-order valence-corrected chi connectivity index (χ1v) is 7.00. The van der Waals surface area contributed by atoms with Gasteiger partial charge in [-0.1, -0.05) is 18.2 Å². The number of aliphatic hydroxyl groups is 1. The van der Waals surface area contributed by atoms with Gasteiger partial charge in [0, 0.05) is 0 Å². The molecule has 3 rings (SSSR count). The molecule has 0 saturated carbocycles. The van der Waals surface area contributed by atoms with Crippen molar-refractivity contribution in [2.24, 2.45) is 0 Å². The van der Waals surface area contributed by atoms with E-state index in [1.807, 2.05) is 53.2 Å². The molecule has 0 fully saturated rings. The van der Waals surface area contributed by atoms with Crippen LogP contribution in [0.1, 0.15) is 17.2 Å². The second-order valence-corrected chi connectivity index (χ2v) is 5.21. The summed E-state index contributed by atoms with van der Waals surface area (Å²) in [5, 5.41) is 16.5. The summed E-state index contributed by atoms with van der Waals surface area (Å²) in [4.78, 5) is 0. The molecule has 0 spiro atoms. The monoisotopic (exact) mass is 270 g/mol. The van der Waals surface area contributed by atoms with Gasteiger partial charge in [-0.25, -0.2) is 0 Å². The van der Waals surface area contributed by atoms with Crippen molar-refractivity contribution in [3.63, 3.8) is 0 Å². The summed E-state index contributed by atoms with van der Waals surface area (Å²) in [5.74, 6) is 0.846. The molecule has 0 unspecified atom stereocenters. The molecule has 19 heavy (non-hydrogen) atoms. The van der Waals surface area contributed by atoms with E-state index in [-0.39, 0.29) is 0 Å². The number of hydrogen-bond donors (Lipinski definition) is 1. The maximum atomic E-state index is 10.3. The van der Waals surface area contributed by atoms with Crippen molar-refractivity contribution in [1.29, 1.82) is 0 Å². The molecular weight excluding hydrogens is 256 g/mol. The van der Waals surface area contributed by atoms with E-state index in [2.05, 4.69) is 0 Å². The highest BCUT2D eigenvalue weighted by molar-refractivity contribution is 7.07. The summed E-state index contributed by atoms with van der Waals surface area (Å²) in [7, 11) is 1.66. The van der Waals surface area contributed by atoms with E-state index >= 15 is 0 Å². The van der Waals surface area contributed by atoms with Gasteiger partial charge in [0.25, 0.3) is 0 Å². The average Bonchev–Trinajstić information content (AvgIpc) is 2.99. The van der Waals surface area contributed by atoms with Crippen molar-refractivity contribution in [2.75, 3.05) is 7.11 Å². The van der Waals surface area contributed by atoms with Crippen LogP contribution in [-0.4, -0.2) is 12.2 Å². The summed E-state index contributed by atoms with van der Waals surface area (Å²) in [6.45, 7) is 0. The molecule has 0 amide bonds. The lowest BCUT2D eigenvalue weighted by Gasteiger charge is -2.11. The zero-order valence-electron chi connectivity index (χ0n) is 10.5. The van der Waals surface area contributed by atoms with Gasteiger partial charge in [-0.3, -0.25) is 0 Å². The van der Waals surface area contributed by atoms with E-state index in [0.717, 1.165) is 27.6 Å². The fourth-order valence-corrected chi connectivity index (χ4v) is 2.84. The quantitative estimate of drug-likeness (QED) is 0.779. The Morgan fingerprint density at radius 3 is 2.53 bits per heavy atom. The normalized spacial score (nSPS) is 12.5. The fraction of sp³-hybridized carbons (Fsp3) is 0.125. The van der Waals surface area contributed by atoms with Crippen LogP contribution in [0.4, 0.5) is 0 Å². The van der Waals surface area contributed by atoms with Crippen LogP contribution >= 0.6 is 11.3 Å². The fourth-order valence-electron chi connectivity index (χ4n) is 2.16. The van der Waals surface area contributed by atoms with Gasteiger partial charge in [-0.05, 0) is 56.9 Å². The molecule has 3 heteroatoms. The number of aliphatic hydroxyl groups excluding tert-OH is 1. The summed E-state index contributed by atoms with van der Waals surface area (Å²) < 4.78 is 5.21. The Morgan fingerprint density at radius 2 is 1.79 bits per heavy atom. The molecule has 96 valence electrons. The molecule has 3 aromatic rings. The molecule has 0 bridgehead atoms. The Balaban J connectivity index is 2.02. The van der Waals surface area contributed by atoms with Crippen molar-refractivity contribution in [2.45, 2.75) is 6.10 Å². The van der Waals surface area contributed by atoms with Gasteiger partial charge < -0.3 is 9.84 Å². The molecule has 0 aliphatic carbocycles. The third kappa shape index (κ3) is 2.35. The average molecular weight is 270 g/mol. The summed E-state index contributed by atoms with van der Waals surface area (Å²) in [5.41, 5.74) is 1.86. The van der Waals surface area contributed by atoms with Crippen LogP contribution in [0.25, 0.3) is 10.8 Å². The molecule has 0 aliphatic rings. The van der Waals surface area contributed by atoms with Crippen molar-refractivity contribution in [3.8, 4) is 5.75 Å². The molecule has 0 aliphatic heterocycles. The summed E-state index contributed by atoms with van der Waals surface area (Å²) in [6.07, 6.45) is -0.558. The molecule has 2 aromatic carbocycles. The van der Waals surface area contributed by atoms with E-state index in [4.69, 9.17) is 4.74 Å². The van der Waals surface area contributed by atoms with Gasteiger partial charge in [0.2, 0.25) is 0 Å². The third-order valence-electron chi connectivity index (χ3n) is 3.25. The lowest BCUT2D eigenvalue weighted by atomic mass is 10.0. The number of methoxy groups -OCH3 is 1. The third-order valence-corrected chi connectivity index (χ3v) is 3.95. The Morgan fingerprint density at radius 1 is 1.00 bits per heavy atom. The van der Waals surface area contributed by atoms with Gasteiger partial charge in [-0.2, -0.15) is 11.3 Å². The first-order chi connectivity index (χ1) is 9.28. The van der Waals surface area contributed by atoms with E-state index < -0.39 is 6.10 Å². The Kier molecular flexibility index (Phi) is 3.23. The van der Waals surface area contributed by atoms with Gasteiger partial charge in [-0.15, -0.1) is 0 Å². The second-order valence-electron chi connectivity index (χ2n) is 4.43. The lowest BCUT2D eigenvalue weighted by Crippen LogP contribution is -1.97. The van der Waals surface area contributed by atoms with E-state index in [1.54, 1.807) is 18.4 Å². The van der Waals surface area contributed by atoms with Crippen LogP contribution in [-0.2, 0) is 0 Å². The molecule has 1 atom stereocenters. The molecule has 0 saturated heterocycles. The topological polar surface area (TPSA) is 29.5 Å². The number of hydrogen-bond acceptors (Lipinski definition) is 3. The SMILES string of the molecule is COc1ccc2cc([C@@H](O)c3ccsc3)ccc2c1. The number of benzene rings is 2. The molecule has 2 nitrogen and oxygen atoms in total. The standard InChI is InChI=1S/C16H14O2S/c1-18-15-5-4-11-8-13(3-2-12(11)9-15)16(17)14-6-7-19-10-14/h2-10,16-17H,1H3/t16-/m1/s1. The number of ether oxygens (including phenoxy) is 1. The second kappa shape index (κ2) is 5.03. The van der Waals surface area contributed by atoms with Crippen molar-refractivity contribution < 1.29 is 9.84 Å². The minimum Gasteiger partial charge on any atom is -0.497 e. The van der Waals surface area contributed by atoms with E-state index in [1.165, 1.54) is 0 Å². The minimum absolute atomic E-state index is 0.558. The Labute approximate surface area is 115 Å². The van der Waals surface area contributed by atoms with Crippen LogP contribution in [0, 0.1) is 0 Å². The maximum Gasteiger partial charge on any atom is 0.119 e. The number of rotatable bonds is 3. The molecule has 1 N–H and O–H groups in total. The zero-order chi connectivity index (χ0) is 13.2. The smallest absolute Gasteiger partial charge is 0.119 e. The van der Waals surface area contributed by atoms with Crippen LogP contribution in [0.15, 0.2) is 53.2 Å². The maximum absolute atomic E-state index is 10.3.